The van der Waals surface area contributed by atoms with Crippen molar-refractivity contribution in [1.82, 2.24) is 0 Å². The summed E-state index contributed by atoms with van der Waals surface area (Å²) in [5, 5.41) is 3.57. The molecule has 0 heterocycles. The summed E-state index contributed by atoms with van der Waals surface area (Å²) in [6, 6.07) is 5.45. The molecule has 1 aromatic rings. The molecule has 1 N–H and O–H groups in total. The number of halogens is 3. The summed E-state index contributed by atoms with van der Waals surface area (Å²) >= 11 is 17.4. The van der Waals surface area contributed by atoms with Gasteiger partial charge in [0.1, 0.15) is 4.49 Å². The van der Waals surface area contributed by atoms with E-state index in [9.17, 15) is 4.79 Å². The molecule has 2 rings (SSSR count). The third kappa shape index (κ3) is 2.98. The molecular formula is C15H16Cl3NO. The lowest BCUT2D eigenvalue weighted by atomic mass is 10.1. The minimum Gasteiger partial charge on any atom is -0.326 e. The number of rotatable bonds is 3. The minimum absolute atomic E-state index is 0.0313. The molecule has 108 valence electrons. The second-order valence-corrected chi connectivity index (χ2v) is 7.10. The van der Waals surface area contributed by atoms with E-state index in [0.29, 0.717) is 5.02 Å². The van der Waals surface area contributed by atoms with Gasteiger partial charge in [-0.2, -0.15) is 0 Å². The molecule has 1 aromatic carbocycles. The average Bonchev–Trinajstić information content (AvgIpc) is 2.86. The Morgan fingerprint density at radius 1 is 1.35 bits per heavy atom. The number of carbonyl (C=O) groups excluding carboxylic acids is 1. The van der Waals surface area contributed by atoms with Crippen molar-refractivity contribution in [3.05, 3.63) is 39.4 Å². The van der Waals surface area contributed by atoms with Gasteiger partial charge in [0.15, 0.2) is 0 Å². The highest BCUT2D eigenvalue weighted by Gasteiger charge is 2.60. The number of hydrogen-bond acceptors (Lipinski definition) is 1. The molecule has 0 spiro atoms. The van der Waals surface area contributed by atoms with Crippen LogP contribution in [-0.4, -0.2) is 5.91 Å². The van der Waals surface area contributed by atoms with Crippen LogP contribution in [-0.2, 0) is 4.79 Å². The fraction of sp³-hybridized carbons (Fsp3) is 0.400. The van der Waals surface area contributed by atoms with Crippen LogP contribution < -0.4 is 5.32 Å². The number of nitrogens with one attached hydrogen (secondary N) is 1. The van der Waals surface area contributed by atoms with E-state index in [2.05, 4.69) is 5.32 Å². The van der Waals surface area contributed by atoms with Crippen LogP contribution in [0, 0.1) is 24.2 Å². The van der Waals surface area contributed by atoms with Crippen molar-refractivity contribution in [1.29, 1.82) is 0 Å². The number of benzene rings is 1. The van der Waals surface area contributed by atoms with E-state index in [1.165, 1.54) is 0 Å². The maximum atomic E-state index is 12.4. The maximum Gasteiger partial charge on any atom is 0.228 e. The number of hydrogen-bond donors (Lipinski definition) is 1. The van der Waals surface area contributed by atoms with Gasteiger partial charge in [-0.15, -0.1) is 0 Å². The van der Waals surface area contributed by atoms with Crippen LogP contribution in [0.5, 0.6) is 0 Å². The quantitative estimate of drug-likeness (QED) is 0.812. The Hall–Kier alpha value is -0.700. The van der Waals surface area contributed by atoms with Gasteiger partial charge in [-0.3, -0.25) is 4.79 Å². The Kier molecular flexibility index (Phi) is 4.38. The topological polar surface area (TPSA) is 29.1 Å². The molecule has 2 nitrogen and oxygen atoms in total. The van der Waals surface area contributed by atoms with E-state index in [4.69, 9.17) is 34.8 Å². The van der Waals surface area contributed by atoms with Gasteiger partial charge in [-0.25, -0.2) is 0 Å². The fourth-order valence-corrected chi connectivity index (χ4v) is 3.02. The molecule has 1 saturated carbocycles. The van der Waals surface area contributed by atoms with Crippen LogP contribution in [0.2, 0.25) is 5.02 Å². The fourth-order valence-electron chi connectivity index (χ4n) is 2.58. The Morgan fingerprint density at radius 3 is 2.60 bits per heavy atom. The van der Waals surface area contributed by atoms with E-state index in [-0.39, 0.29) is 27.6 Å². The van der Waals surface area contributed by atoms with Gasteiger partial charge in [-0.05, 0) is 42.0 Å². The highest BCUT2D eigenvalue weighted by Crippen LogP contribution is 2.60. The van der Waals surface area contributed by atoms with Gasteiger partial charge in [0.2, 0.25) is 5.91 Å². The van der Waals surface area contributed by atoms with Crippen LogP contribution >= 0.6 is 34.8 Å². The molecular weight excluding hydrogens is 317 g/mol. The zero-order valence-corrected chi connectivity index (χ0v) is 13.8. The lowest BCUT2D eigenvalue weighted by Gasteiger charge is -2.10. The Bertz CT molecular complexity index is 576. The van der Waals surface area contributed by atoms with Crippen molar-refractivity contribution >= 4 is 46.4 Å². The van der Waals surface area contributed by atoms with Crippen LogP contribution in [0.3, 0.4) is 0 Å². The van der Waals surface area contributed by atoms with Crippen molar-refractivity contribution in [2.24, 2.45) is 17.3 Å². The second kappa shape index (κ2) is 5.59. The van der Waals surface area contributed by atoms with Gasteiger partial charge in [0.25, 0.3) is 0 Å². The first-order valence-corrected chi connectivity index (χ1v) is 7.47. The molecule has 1 aliphatic carbocycles. The zero-order valence-electron chi connectivity index (χ0n) is 11.5. The first-order valence-electron chi connectivity index (χ1n) is 6.34. The normalized spacial score (nSPS) is 23.1. The Labute approximate surface area is 134 Å². The molecule has 0 bridgehead atoms. The standard InChI is InChI=1S/C15H16Cl3NO/c1-8-10(16)5-4-6-11(8)19-14(20)13-9(7-12(17)18)15(13,2)3/h4-7,9,13H,1-3H3,(H,19,20)/t9-,13-/m0/s1. The molecule has 0 unspecified atom stereocenters. The summed E-state index contributed by atoms with van der Waals surface area (Å²) in [6.07, 6.45) is 1.73. The lowest BCUT2D eigenvalue weighted by Crippen LogP contribution is -2.17. The number of carbonyl (C=O) groups is 1. The molecule has 0 saturated heterocycles. The first-order chi connectivity index (χ1) is 9.25. The smallest absolute Gasteiger partial charge is 0.228 e. The zero-order chi connectivity index (χ0) is 15.1. The third-order valence-electron chi connectivity index (χ3n) is 4.02. The van der Waals surface area contributed by atoms with Gasteiger partial charge in [-0.1, -0.05) is 54.7 Å². The summed E-state index contributed by atoms with van der Waals surface area (Å²) in [5.41, 5.74) is 1.47. The molecule has 1 amide bonds. The molecule has 0 aliphatic heterocycles. The molecule has 5 heteroatoms. The second-order valence-electron chi connectivity index (χ2n) is 5.68. The van der Waals surface area contributed by atoms with Crippen LogP contribution in [0.25, 0.3) is 0 Å². The van der Waals surface area contributed by atoms with E-state index < -0.39 is 0 Å². The summed E-state index contributed by atoms with van der Waals surface area (Å²) in [6.45, 7) is 5.93. The van der Waals surface area contributed by atoms with Gasteiger partial charge < -0.3 is 5.32 Å². The van der Waals surface area contributed by atoms with Gasteiger partial charge in [0.05, 0.1) is 5.92 Å². The van der Waals surface area contributed by atoms with Crippen LogP contribution in [0.4, 0.5) is 5.69 Å². The largest absolute Gasteiger partial charge is 0.326 e. The van der Waals surface area contributed by atoms with E-state index in [1.807, 2.05) is 32.9 Å². The summed E-state index contributed by atoms with van der Waals surface area (Å²) in [7, 11) is 0. The van der Waals surface area contributed by atoms with E-state index >= 15 is 0 Å². The lowest BCUT2D eigenvalue weighted by molar-refractivity contribution is -0.118. The molecule has 0 radical (unpaired) electrons. The molecule has 20 heavy (non-hydrogen) atoms. The number of amides is 1. The van der Waals surface area contributed by atoms with Gasteiger partial charge in [0, 0.05) is 10.7 Å². The Morgan fingerprint density at radius 2 is 2.00 bits per heavy atom. The predicted octanol–water partition coefficient (Wildman–Crippen LogP) is 5.18. The van der Waals surface area contributed by atoms with Crippen molar-refractivity contribution in [3.63, 3.8) is 0 Å². The van der Waals surface area contributed by atoms with Crippen LogP contribution in [0.1, 0.15) is 19.4 Å². The van der Waals surface area contributed by atoms with E-state index in [0.717, 1.165) is 11.3 Å². The van der Waals surface area contributed by atoms with Crippen molar-refractivity contribution in [2.75, 3.05) is 5.32 Å². The van der Waals surface area contributed by atoms with Crippen molar-refractivity contribution in [3.8, 4) is 0 Å². The summed E-state index contributed by atoms with van der Waals surface area (Å²) < 4.78 is 0.206. The minimum atomic E-state index is -0.133. The highest BCUT2D eigenvalue weighted by atomic mass is 35.5. The maximum absolute atomic E-state index is 12.4. The molecule has 1 fully saturated rings. The molecule has 2 atom stereocenters. The third-order valence-corrected chi connectivity index (χ3v) is 4.69. The predicted molar refractivity (Wildman–Crippen MR) is 85.4 cm³/mol. The summed E-state index contributed by atoms with van der Waals surface area (Å²) in [5.74, 6) is -0.100. The molecule has 0 aromatic heterocycles. The Balaban J connectivity index is 2.14. The monoisotopic (exact) mass is 331 g/mol. The highest BCUT2D eigenvalue weighted by molar-refractivity contribution is 6.55. The number of allylic oxidation sites excluding steroid dienone is 1. The first kappa shape index (κ1) is 15.7. The SMILES string of the molecule is Cc1c(Cl)cccc1NC(=O)[C@@H]1[C@H](C=C(Cl)Cl)C1(C)C. The van der Waals surface area contributed by atoms with Crippen molar-refractivity contribution < 1.29 is 4.79 Å². The molecule has 1 aliphatic rings. The summed E-state index contributed by atoms with van der Waals surface area (Å²) in [4.78, 5) is 12.4. The average molecular weight is 333 g/mol. The van der Waals surface area contributed by atoms with Crippen LogP contribution in [0.15, 0.2) is 28.8 Å². The van der Waals surface area contributed by atoms with Gasteiger partial charge >= 0.3 is 0 Å². The van der Waals surface area contributed by atoms with E-state index in [1.54, 1.807) is 12.1 Å². The number of anilines is 1. The van der Waals surface area contributed by atoms with Crippen molar-refractivity contribution in [2.45, 2.75) is 20.8 Å².